The summed E-state index contributed by atoms with van der Waals surface area (Å²) in [5.41, 5.74) is 0.0429. The number of nitrogens with zero attached hydrogens (tertiary/aromatic N) is 1. The van der Waals surface area contributed by atoms with Gasteiger partial charge >= 0.3 is 6.03 Å². The van der Waals surface area contributed by atoms with Crippen molar-refractivity contribution in [3.8, 4) is 5.75 Å². The molecule has 2 aliphatic heterocycles. The van der Waals surface area contributed by atoms with Gasteiger partial charge in [0.05, 0.1) is 13.2 Å². The lowest BCUT2D eigenvalue weighted by molar-refractivity contribution is -0.124. The van der Waals surface area contributed by atoms with Gasteiger partial charge in [0.25, 0.3) is 11.8 Å². The molecule has 2 aliphatic rings. The maximum Gasteiger partial charge on any atom is 0.322 e. The summed E-state index contributed by atoms with van der Waals surface area (Å²) in [4.78, 5) is 38.9. The summed E-state index contributed by atoms with van der Waals surface area (Å²) in [6.45, 7) is 0.112. The van der Waals surface area contributed by atoms with E-state index in [1.165, 1.54) is 29.2 Å². The van der Waals surface area contributed by atoms with E-state index in [1.807, 2.05) is 0 Å². The van der Waals surface area contributed by atoms with Crippen LogP contribution in [0.1, 0.15) is 21.5 Å². The van der Waals surface area contributed by atoms with Crippen molar-refractivity contribution >= 4 is 17.8 Å². The molecule has 150 valence electrons. The zero-order valence-corrected chi connectivity index (χ0v) is 15.3. The van der Waals surface area contributed by atoms with Crippen LogP contribution in [0.2, 0.25) is 0 Å². The Hall–Kier alpha value is -3.46. The number of rotatable bonds is 6. The molecule has 0 radical (unpaired) electrons. The van der Waals surface area contributed by atoms with Gasteiger partial charge in [-0.25, -0.2) is 9.18 Å². The van der Waals surface area contributed by atoms with Crippen molar-refractivity contribution in [2.75, 3.05) is 19.8 Å². The monoisotopic (exact) mass is 399 g/mol. The first-order valence-corrected chi connectivity index (χ1v) is 8.98. The third kappa shape index (κ3) is 3.29. The van der Waals surface area contributed by atoms with Gasteiger partial charge in [0.2, 0.25) is 0 Å². The van der Waals surface area contributed by atoms with Gasteiger partial charge in [-0.15, -0.1) is 0 Å². The zero-order chi connectivity index (χ0) is 20.6. The van der Waals surface area contributed by atoms with Gasteiger partial charge in [-0.05, 0) is 41.5 Å². The van der Waals surface area contributed by atoms with Crippen LogP contribution in [0.15, 0.2) is 42.5 Å². The van der Waals surface area contributed by atoms with Crippen molar-refractivity contribution in [2.24, 2.45) is 0 Å². The fourth-order valence-corrected chi connectivity index (χ4v) is 3.66. The topological polar surface area (TPSA) is 108 Å². The molecule has 0 aromatic heterocycles. The van der Waals surface area contributed by atoms with E-state index in [9.17, 15) is 18.8 Å². The minimum Gasteiger partial charge on any atom is -0.491 e. The number of hydrogen-bond acceptors (Lipinski definition) is 5. The number of halogens is 1. The number of benzene rings is 2. The number of imide groups is 1. The quantitative estimate of drug-likeness (QED) is 0.626. The summed E-state index contributed by atoms with van der Waals surface area (Å²) >= 11 is 0. The van der Waals surface area contributed by atoms with Crippen molar-refractivity contribution in [3.63, 3.8) is 0 Å². The van der Waals surface area contributed by atoms with E-state index in [-0.39, 0.29) is 32.2 Å². The molecular weight excluding hydrogens is 381 g/mol. The number of urea groups is 1. The molecule has 4 rings (SSSR count). The summed E-state index contributed by atoms with van der Waals surface area (Å²) in [5, 5.41) is 13.7. The number of nitrogens with one attached hydrogen (secondary N) is 2. The van der Waals surface area contributed by atoms with Gasteiger partial charge in [-0.3, -0.25) is 14.9 Å². The summed E-state index contributed by atoms with van der Waals surface area (Å²) in [5.74, 6) is -0.852. The molecule has 4 amide bonds. The Morgan fingerprint density at radius 1 is 1.14 bits per heavy atom. The summed E-state index contributed by atoms with van der Waals surface area (Å²) in [6, 6.07) is 9.51. The highest BCUT2D eigenvalue weighted by atomic mass is 19.1. The maximum absolute atomic E-state index is 13.4. The molecule has 1 fully saturated rings. The molecule has 29 heavy (non-hydrogen) atoms. The minimum atomic E-state index is -1.52. The standard InChI is InChI=1S/C20H18FN3O5/c21-14-3-1-13(2-4-14)20(18(27)22-19(28)23-20)11-24-10-12-9-15(29-8-7-25)5-6-16(12)17(24)26/h1-6,9,25H,7-8,10-11H2,(H2,22,23,27,28)/t20-/m0/s1. The number of fused-ring (bicyclic) bond motifs is 1. The molecule has 2 aromatic carbocycles. The predicted molar refractivity (Wildman–Crippen MR) is 98.5 cm³/mol. The van der Waals surface area contributed by atoms with E-state index < -0.39 is 23.3 Å². The molecule has 1 atom stereocenters. The smallest absolute Gasteiger partial charge is 0.322 e. The van der Waals surface area contributed by atoms with Gasteiger partial charge in [0.1, 0.15) is 18.2 Å². The normalized spacial score (nSPS) is 20.5. The van der Waals surface area contributed by atoms with Crippen LogP contribution < -0.4 is 15.4 Å². The minimum absolute atomic E-state index is 0.115. The Labute approximate surface area is 165 Å². The van der Waals surface area contributed by atoms with Crippen LogP contribution >= 0.6 is 0 Å². The number of carbonyl (C=O) groups is 3. The van der Waals surface area contributed by atoms with Crippen LogP contribution in [-0.4, -0.2) is 47.6 Å². The average Bonchev–Trinajstić information content (AvgIpc) is 3.16. The molecular formula is C20H18FN3O5. The first kappa shape index (κ1) is 18.9. The molecule has 2 heterocycles. The number of aliphatic hydroxyl groups excluding tert-OH is 1. The van der Waals surface area contributed by atoms with E-state index >= 15 is 0 Å². The molecule has 0 spiro atoms. The van der Waals surface area contributed by atoms with Crippen LogP contribution in [0, 0.1) is 5.82 Å². The third-order valence-corrected chi connectivity index (χ3v) is 5.02. The number of amides is 4. The molecule has 0 saturated carbocycles. The van der Waals surface area contributed by atoms with Crippen LogP contribution in [0.4, 0.5) is 9.18 Å². The van der Waals surface area contributed by atoms with E-state index in [0.717, 1.165) is 0 Å². The molecule has 3 N–H and O–H groups in total. The lowest BCUT2D eigenvalue weighted by Crippen LogP contribution is -2.52. The number of aliphatic hydroxyl groups is 1. The Bertz CT molecular complexity index is 994. The van der Waals surface area contributed by atoms with E-state index in [4.69, 9.17) is 9.84 Å². The van der Waals surface area contributed by atoms with Crippen LogP contribution in [0.3, 0.4) is 0 Å². The first-order valence-electron chi connectivity index (χ1n) is 8.98. The van der Waals surface area contributed by atoms with Crippen LogP contribution in [-0.2, 0) is 16.9 Å². The van der Waals surface area contributed by atoms with Crippen molar-refractivity contribution < 1.29 is 28.6 Å². The maximum atomic E-state index is 13.4. The van der Waals surface area contributed by atoms with Gasteiger partial charge in [0, 0.05) is 12.1 Å². The van der Waals surface area contributed by atoms with E-state index in [1.54, 1.807) is 18.2 Å². The predicted octanol–water partition coefficient (Wildman–Crippen LogP) is 0.887. The van der Waals surface area contributed by atoms with Crippen molar-refractivity contribution in [1.82, 2.24) is 15.5 Å². The fraction of sp³-hybridized carbons (Fsp3) is 0.250. The van der Waals surface area contributed by atoms with Crippen molar-refractivity contribution in [3.05, 3.63) is 65.0 Å². The lowest BCUT2D eigenvalue weighted by Gasteiger charge is -2.31. The largest absolute Gasteiger partial charge is 0.491 e. The molecule has 8 nitrogen and oxygen atoms in total. The molecule has 2 aromatic rings. The summed E-state index contributed by atoms with van der Waals surface area (Å²) in [7, 11) is 0. The van der Waals surface area contributed by atoms with Gasteiger partial charge in [0.15, 0.2) is 5.54 Å². The lowest BCUT2D eigenvalue weighted by atomic mass is 9.89. The second-order valence-electron chi connectivity index (χ2n) is 6.87. The van der Waals surface area contributed by atoms with E-state index in [0.29, 0.717) is 22.4 Å². The highest BCUT2D eigenvalue weighted by Gasteiger charge is 2.50. The Morgan fingerprint density at radius 2 is 1.90 bits per heavy atom. The fourth-order valence-electron chi connectivity index (χ4n) is 3.66. The van der Waals surface area contributed by atoms with Crippen LogP contribution in [0.5, 0.6) is 5.75 Å². The number of ether oxygens (including phenoxy) is 1. The van der Waals surface area contributed by atoms with Gasteiger partial charge in [-0.1, -0.05) is 12.1 Å². The van der Waals surface area contributed by atoms with Crippen molar-refractivity contribution in [1.29, 1.82) is 0 Å². The second kappa shape index (κ2) is 7.17. The Morgan fingerprint density at radius 3 is 2.55 bits per heavy atom. The third-order valence-electron chi connectivity index (χ3n) is 5.02. The van der Waals surface area contributed by atoms with Gasteiger partial charge < -0.3 is 20.1 Å². The molecule has 0 aliphatic carbocycles. The van der Waals surface area contributed by atoms with Crippen LogP contribution in [0.25, 0.3) is 0 Å². The zero-order valence-electron chi connectivity index (χ0n) is 15.3. The Kier molecular flexibility index (Phi) is 4.67. The highest BCUT2D eigenvalue weighted by Crippen LogP contribution is 2.32. The van der Waals surface area contributed by atoms with Gasteiger partial charge in [-0.2, -0.15) is 0 Å². The Balaban J connectivity index is 1.63. The second-order valence-corrected chi connectivity index (χ2v) is 6.87. The molecule has 9 heteroatoms. The van der Waals surface area contributed by atoms with E-state index in [2.05, 4.69) is 10.6 Å². The molecule has 0 unspecified atom stereocenters. The average molecular weight is 399 g/mol. The van der Waals surface area contributed by atoms with Crippen molar-refractivity contribution in [2.45, 2.75) is 12.1 Å². The number of carbonyl (C=O) groups excluding carboxylic acids is 3. The summed E-state index contributed by atoms with van der Waals surface area (Å²) < 4.78 is 18.7. The molecule has 1 saturated heterocycles. The number of hydrogen-bond donors (Lipinski definition) is 3. The summed E-state index contributed by atoms with van der Waals surface area (Å²) in [6.07, 6.45) is 0. The first-order chi connectivity index (χ1) is 13.9. The SMILES string of the molecule is O=C1NC(=O)[C@](CN2Cc3cc(OCCO)ccc3C2=O)(c2ccc(F)cc2)N1. The highest BCUT2D eigenvalue weighted by molar-refractivity contribution is 6.08. The molecule has 0 bridgehead atoms.